The van der Waals surface area contributed by atoms with Crippen LogP contribution in [0.5, 0.6) is 5.75 Å². The molecule has 12 heteroatoms. The number of sulfonamides is 1. The van der Waals surface area contributed by atoms with Crippen LogP contribution in [-0.4, -0.2) is 43.0 Å². The number of pyridine rings is 1. The Morgan fingerprint density at radius 3 is 2.60 bits per heavy atom. The SMILES string of the molecule is COc1ccc(N2C(=S)N[C@H](c3ccccn3)[C@H]2c2ccc(-c3ccc(C(=O)O)cc3C)o2)cc1NS(C)(=O)=O. The van der Waals surface area contributed by atoms with Crippen molar-refractivity contribution in [1.82, 2.24) is 10.3 Å². The van der Waals surface area contributed by atoms with Gasteiger partial charge in [-0.15, -0.1) is 0 Å². The van der Waals surface area contributed by atoms with Gasteiger partial charge in [-0.1, -0.05) is 12.1 Å². The van der Waals surface area contributed by atoms with Crippen LogP contribution < -0.4 is 19.7 Å². The minimum Gasteiger partial charge on any atom is -0.495 e. The Morgan fingerprint density at radius 2 is 1.95 bits per heavy atom. The third-order valence-corrected chi connectivity index (χ3v) is 7.42. The summed E-state index contributed by atoms with van der Waals surface area (Å²) >= 11 is 5.77. The zero-order chi connectivity index (χ0) is 28.6. The van der Waals surface area contributed by atoms with Crippen molar-refractivity contribution >= 4 is 44.7 Å². The van der Waals surface area contributed by atoms with Crippen LogP contribution in [0.25, 0.3) is 11.3 Å². The number of benzene rings is 2. The molecule has 5 rings (SSSR count). The number of anilines is 2. The van der Waals surface area contributed by atoms with Crippen molar-refractivity contribution in [2.45, 2.75) is 19.0 Å². The largest absolute Gasteiger partial charge is 0.495 e. The summed E-state index contributed by atoms with van der Waals surface area (Å²) in [6.45, 7) is 1.83. The highest BCUT2D eigenvalue weighted by molar-refractivity contribution is 7.92. The molecule has 2 aromatic carbocycles. The third kappa shape index (κ3) is 5.36. The summed E-state index contributed by atoms with van der Waals surface area (Å²) in [5.74, 6) is 0.494. The van der Waals surface area contributed by atoms with Crippen LogP contribution in [-0.2, 0) is 10.0 Å². The van der Waals surface area contributed by atoms with Crippen molar-refractivity contribution in [1.29, 1.82) is 0 Å². The Kier molecular flexibility index (Phi) is 7.21. The molecule has 1 fully saturated rings. The number of aromatic carboxylic acids is 1. The Balaban J connectivity index is 1.61. The number of aryl methyl sites for hydroxylation is 1. The highest BCUT2D eigenvalue weighted by atomic mass is 32.2. The molecule has 0 radical (unpaired) electrons. The molecule has 0 saturated carbocycles. The first-order valence-electron chi connectivity index (χ1n) is 12.2. The van der Waals surface area contributed by atoms with Gasteiger partial charge in [-0.3, -0.25) is 9.71 Å². The van der Waals surface area contributed by atoms with Crippen LogP contribution in [0.1, 0.15) is 39.5 Å². The minimum atomic E-state index is -3.59. The molecular formula is C28H26N4O6S2. The number of methoxy groups -OCH3 is 1. The lowest BCUT2D eigenvalue weighted by atomic mass is 10.0. The van der Waals surface area contributed by atoms with E-state index >= 15 is 0 Å². The Morgan fingerprint density at radius 1 is 1.15 bits per heavy atom. The average Bonchev–Trinajstić information content (AvgIpc) is 3.52. The maximum absolute atomic E-state index is 12.0. The van der Waals surface area contributed by atoms with Crippen LogP contribution in [0, 0.1) is 6.92 Å². The lowest BCUT2D eigenvalue weighted by molar-refractivity contribution is 0.0696. The fourth-order valence-electron chi connectivity index (χ4n) is 4.78. The standard InChI is InChI=1S/C28H26N4O6S2/c1-16-14-17(27(33)34)7-9-19(16)22-11-12-24(38-22)26-25(20-6-4-5-13-29-20)30-28(39)32(26)18-8-10-23(37-2)21(15-18)31-40(3,35)36/h4-15,25-26,31H,1-3H3,(H,30,39)(H,33,34)/t25-,26-/m1/s1. The molecule has 0 aliphatic carbocycles. The second kappa shape index (κ2) is 10.6. The van der Waals surface area contributed by atoms with E-state index in [1.54, 1.807) is 36.5 Å². The molecule has 1 aliphatic rings. The number of carboxylic acid groups (broad SMARTS) is 1. The summed E-state index contributed by atoms with van der Waals surface area (Å²) < 4.78 is 38.3. The Bertz CT molecular complexity index is 1700. The quantitative estimate of drug-likeness (QED) is 0.248. The van der Waals surface area contributed by atoms with Crippen molar-refractivity contribution in [3.05, 3.63) is 95.5 Å². The van der Waals surface area contributed by atoms with Crippen molar-refractivity contribution in [3.8, 4) is 17.1 Å². The van der Waals surface area contributed by atoms with E-state index in [1.165, 1.54) is 13.2 Å². The zero-order valence-electron chi connectivity index (χ0n) is 21.8. The number of carboxylic acids is 1. The summed E-state index contributed by atoms with van der Waals surface area (Å²) in [6.07, 6.45) is 2.76. The number of thiocarbonyl (C=S) groups is 1. The molecule has 40 heavy (non-hydrogen) atoms. The van der Waals surface area contributed by atoms with Crippen LogP contribution in [0.2, 0.25) is 0 Å². The predicted octanol–water partition coefficient (Wildman–Crippen LogP) is 4.91. The fourth-order valence-corrected chi connectivity index (χ4v) is 5.68. The van der Waals surface area contributed by atoms with Crippen LogP contribution in [0.15, 0.2) is 77.3 Å². The zero-order valence-corrected chi connectivity index (χ0v) is 23.4. The van der Waals surface area contributed by atoms with E-state index in [9.17, 15) is 18.3 Å². The molecule has 4 aromatic rings. The topological polar surface area (TPSA) is 134 Å². The molecule has 3 heterocycles. The van der Waals surface area contributed by atoms with Gasteiger partial charge in [-0.25, -0.2) is 13.2 Å². The van der Waals surface area contributed by atoms with Crippen LogP contribution in [0.3, 0.4) is 0 Å². The first-order chi connectivity index (χ1) is 19.1. The number of nitrogens with zero attached hydrogens (tertiary/aromatic N) is 2. The molecule has 1 aliphatic heterocycles. The normalized spacial score (nSPS) is 17.0. The Hall–Kier alpha value is -4.42. The van der Waals surface area contributed by atoms with Crippen molar-refractivity contribution in [2.75, 3.05) is 23.0 Å². The number of furan rings is 1. The number of rotatable bonds is 8. The van der Waals surface area contributed by atoms with Gasteiger partial charge >= 0.3 is 5.97 Å². The number of nitrogens with one attached hydrogen (secondary N) is 2. The first-order valence-corrected chi connectivity index (χ1v) is 14.5. The molecule has 0 bridgehead atoms. The van der Waals surface area contributed by atoms with E-state index in [0.29, 0.717) is 28.1 Å². The molecule has 0 unspecified atom stereocenters. The van der Waals surface area contributed by atoms with Gasteiger partial charge in [-0.05, 0) is 79.3 Å². The van der Waals surface area contributed by atoms with Crippen molar-refractivity contribution in [2.24, 2.45) is 0 Å². The Labute approximate surface area is 236 Å². The van der Waals surface area contributed by atoms with Gasteiger partial charge in [0.25, 0.3) is 0 Å². The molecular weight excluding hydrogens is 552 g/mol. The molecule has 1 saturated heterocycles. The van der Waals surface area contributed by atoms with Gasteiger partial charge in [-0.2, -0.15) is 0 Å². The minimum absolute atomic E-state index is 0.192. The lowest BCUT2D eigenvalue weighted by Crippen LogP contribution is -2.29. The van der Waals surface area contributed by atoms with Crippen molar-refractivity contribution in [3.63, 3.8) is 0 Å². The number of hydrogen-bond donors (Lipinski definition) is 3. The van der Waals surface area contributed by atoms with E-state index in [1.807, 2.05) is 42.2 Å². The first kappa shape index (κ1) is 27.2. The third-order valence-electron chi connectivity index (χ3n) is 6.51. The highest BCUT2D eigenvalue weighted by Gasteiger charge is 2.43. The maximum atomic E-state index is 12.0. The second-order valence-corrected chi connectivity index (χ2v) is 11.4. The predicted molar refractivity (Wildman–Crippen MR) is 155 cm³/mol. The van der Waals surface area contributed by atoms with Crippen LogP contribution in [0.4, 0.5) is 11.4 Å². The molecule has 3 N–H and O–H groups in total. The number of hydrogen-bond acceptors (Lipinski definition) is 7. The van der Waals surface area contributed by atoms with E-state index in [0.717, 1.165) is 23.1 Å². The summed E-state index contributed by atoms with van der Waals surface area (Å²) in [4.78, 5) is 17.8. The number of aromatic nitrogens is 1. The fraction of sp³-hybridized carbons (Fsp3) is 0.179. The second-order valence-electron chi connectivity index (χ2n) is 9.29. The lowest BCUT2D eigenvalue weighted by Gasteiger charge is -2.27. The van der Waals surface area contributed by atoms with E-state index in [2.05, 4.69) is 15.0 Å². The van der Waals surface area contributed by atoms with Gasteiger partial charge in [0.2, 0.25) is 10.0 Å². The molecule has 10 nitrogen and oxygen atoms in total. The number of carbonyl (C=O) groups is 1. The molecule has 2 aromatic heterocycles. The van der Waals surface area contributed by atoms with E-state index < -0.39 is 28.1 Å². The highest BCUT2D eigenvalue weighted by Crippen LogP contribution is 2.44. The monoisotopic (exact) mass is 578 g/mol. The summed E-state index contributed by atoms with van der Waals surface area (Å²) in [5.41, 5.74) is 3.31. The van der Waals surface area contributed by atoms with Gasteiger partial charge < -0.3 is 24.5 Å². The van der Waals surface area contributed by atoms with Gasteiger partial charge in [0.1, 0.15) is 23.3 Å². The number of ether oxygens (including phenoxy) is 1. The van der Waals surface area contributed by atoms with Gasteiger partial charge in [0.05, 0.1) is 36.4 Å². The molecule has 206 valence electrons. The van der Waals surface area contributed by atoms with Crippen molar-refractivity contribution < 1.29 is 27.5 Å². The summed E-state index contributed by atoms with van der Waals surface area (Å²) in [6, 6.07) is 18.4. The summed E-state index contributed by atoms with van der Waals surface area (Å²) in [5, 5.41) is 13.1. The van der Waals surface area contributed by atoms with Gasteiger partial charge in [0, 0.05) is 17.4 Å². The average molecular weight is 579 g/mol. The molecule has 2 atom stereocenters. The van der Waals surface area contributed by atoms with Gasteiger partial charge in [0.15, 0.2) is 5.11 Å². The summed E-state index contributed by atoms with van der Waals surface area (Å²) in [7, 11) is -2.13. The smallest absolute Gasteiger partial charge is 0.335 e. The maximum Gasteiger partial charge on any atom is 0.335 e. The van der Waals surface area contributed by atoms with Crippen LogP contribution >= 0.6 is 12.2 Å². The van der Waals surface area contributed by atoms with E-state index in [4.69, 9.17) is 21.4 Å². The van der Waals surface area contributed by atoms with E-state index in [-0.39, 0.29) is 11.3 Å². The molecule has 0 spiro atoms. The molecule has 0 amide bonds.